The second-order valence-electron chi connectivity index (χ2n) is 4.54. The summed E-state index contributed by atoms with van der Waals surface area (Å²) < 4.78 is 0. The van der Waals surface area contributed by atoms with Gasteiger partial charge in [-0.3, -0.25) is 4.79 Å². The second kappa shape index (κ2) is 4.86. The number of allylic oxidation sites excluding steroid dienone is 3. The van der Waals surface area contributed by atoms with Crippen molar-refractivity contribution < 1.29 is 9.90 Å². The van der Waals surface area contributed by atoms with Crippen molar-refractivity contribution in [3.8, 4) is 0 Å². The van der Waals surface area contributed by atoms with Gasteiger partial charge in [0.25, 0.3) is 0 Å². The first kappa shape index (κ1) is 13.0. The molecule has 0 saturated heterocycles. The van der Waals surface area contributed by atoms with Crippen LogP contribution in [-0.4, -0.2) is 11.1 Å². The Bertz CT molecular complexity index is 333. The van der Waals surface area contributed by atoms with Crippen LogP contribution in [0.2, 0.25) is 0 Å². The molecule has 0 aromatic carbocycles. The van der Waals surface area contributed by atoms with Crippen molar-refractivity contribution in [1.29, 1.82) is 0 Å². The minimum absolute atomic E-state index is 0.175. The highest BCUT2D eigenvalue weighted by atomic mass is 16.4. The molecule has 0 aromatic heterocycles. The van der Waals surface area contributed by atoms with Gasteiger partial charge in [-0.05, 0) is 31.8 Å². The molecule has 0 radical (unpaired) electrons. The minimum atomic E-state index is -0.700. The van der Waals surface area contributed by atoms with Gasteiger partial charge in [0.2, 0.25) is 0 Å². The molecule has 0 aliphatic heterocycles. The van der Waals surface area contributed by atoms with Crippen molar-refractivity contribution >= 4 is 5.97 Å². The van der Waals surface area contributed by atoms with Gasteiger partial charge in [-0.15, -0.1) is 0 Å². The lowest BCUT2D eigenvalue weighted by Crippen LogP contribution is -2.37. The van der Waals surface area contributed by atoms with Crippen molar-refractivity contribution in [3.05, 3.63) is 23.3 Å². The highest BCUT2D eigenvalue weighted by molar-refractivity contribution is 5.75. The van der Waals surface area contributed by atoms with Crippen LogP contribution in [0, 0.1) is 11.3 Å². The SMILES string of the molecule is CCC1=C(C)C(CC)(CC)C(C(=O)O)C=C1. The lowest BCUT2D eigenvalue weighted by molar-refractivity contribution is -0.143. The quantitative estimate of drug-likeness (QED) is 0.785. The monoisotopic (exact) mass is 222 g/mol. The van der Waals surface area contributed by atoms with Gasteiger partial charge in [0, 0.05) is 5.41 Å². The molecule has 0 heterocycles. The number of carboxylic acids is 1. The topological polar surface area (TPSA) is 37.3 Å². The molecule has 1 aliphatic rings. The van der Waals surface area contributed by atoms with Gasteiger partial charge in [0.15, 0.2) is 0 Å². The lowest BCUT2D eigenvalue weighted by Gasteiger charge is -2.40. The highest BCUT2D eigenvalue weighted by Gasteiger charge is 2.42. The van der Waals surface area contributed by atoms with E-state index in [9.17, 15) is 9.90 Å². The summed E-state index contributed by atoms with van der Waals surface area (Å²) in [7, 11) is 0. The molecule has 0 aromatic rings. The molecule has 2 nitrogen and oxygen atoms in total. The fraction of sp³-hybridized carbons (Fsp3) is 0.643. The third kappa shape index (κ3) is 1.81. The Labute approximate surface area is 98.1 Å². The van der Waals surface area contributed by atoms with Crippen LogP contribution in [0.15, 0.2) is 23.3 Å². The van der Waals surface area contributed by atoms with E-state index in [2.05, 4.69) is 27.7 Å². The van der Waals surface area contributed by atoms with E-state index in [1.165, 1.54) is 11.1 Å². The Balaban J connectivity index is 3.28. The number of hydrogen-bond donors (Lipinski definition) is 1. The summed E-state index contributed by atoms with van der Waals surface area (Å²) in [4.78, 5) is 11.4. The van der Waals surface area contributed by atoms with E-state index in [1.54, 1.807) is 0 Å². The predicted molar refractivity (Wildman–Crippen MR) is 66.3 cm³/mol. The number of aliphatic carboxylic acids is 1. The van der Waals surface area contributed by atoms with E-state index in [0.29, 0.717) is 0 Å². The van der Waals surface area contributed by atoms with Crippen LogP contribution in [-0.2, 0) is 4.79 Å². The van der Waals surface area contributed by atoms with E-state index >= 15 is 0 Å². The van der Waals surface area contributed by atoms with E-state index in [4.69, 9.17) is 0 Å². The summed E-state index contributed by atoms with van der Waals surface area (Å²) in [5, 5.41) is 9.34. The molecule has 0 spiro atoms. The summed E-state index contributed by atoms with van der Waals surface area (Å²) in [6.45, 7) is 8.41. The Hall–Kier alpha value is -1.05. The van der Waals surface area contributed by atoms with Crippen LogP contribution in [0.25, 0.3) is 0 Å². The van der Waals surface area contributed by atoms with Crippen molar-refractivity contribution in [2.75, 3.05) is 0 Å². The molecular formula is C14H22O2. The number of carboxylic acid groups (broad SMARTS) is 1. The molecule has 1 atom stereocenters. The fourth-order valence-corrected chi connectivity index (χ4v) is 3.00. The van der Waals surface area contributed by atoms with Crippen LogP contribution >= 0.6 is 0 Å². The van der Waals surface area contributed by atoms with E-state index < -0.39 is 5.97 Å². The van der Waals surface area contributed by atoms with Gasteiger partial charge in [-0.1, -0.05) is 38.5 Å². The molecule has 1 aliphatic carbocycles. The third-order valence-electron chi connectivity index (χ3n) is 4.22. The minimum Gasteiger partial charge on any atom is -0.481 e. The number of rotatable bonds is 4. The number of hydrogen-bond acceptors (Lipinski definition) is 1. The predicted octanol–water partition coefficient (Wildman–Crippen LogP) is 3.79. The molecule has 1 N–H and O–H groups in total. The van der Waals surface area contributed by atoms with E-state index in [1.807, 2.05) is 12.2 Å². The summed E-state index contributed by atoms with van der Waals surface area (Å²) in [6, 6.07) is 0. The Kier molecular flexibility index (Phi) is 3.95. The van der Waals surface area contributed by atoms with Gasteiger partial charge < -0.3 is 5.11 Å². The van der Waals surface area contributed by atoms with Gasteiger partial charge in [-0.25, -0.2) is 0 Å². The fourth-order valence-electron chi connectivity index (χ4n) is 3.00. The summed E-state index contributed by atoms with van der Waals surface area (Å²) in [5.41, 5.74) is 2.41. The first-order valence-corrected chi connectivity index (χ1v) is 6.14. The van der Waals surface area contributed by atoms with Crippen molar-refractivity contribution in [1.82, 2.24) is 0 Å². The smallest absolute Gasteiger partial charge is 0.311 e. The maximum atomic E-state index is 11.4. The molecule has 0 bridgehead atoms. The maximum Gasteiger partial charge on any atom is 0.311 e. The normalized spacial score (nSPS) is 23.6. The van der Waals surface area contributed by atoms with Crippen LogP contribution in [0.4, 0.5) is 0 Å². The van der Waals surface area contributed by atoms with Crippen molar-refractivity contribution in [3.63, 3.8) is 0 Å². The molecule has 16 heavy (non-hydrogen) atoms. The zero-order valence-corrected chi connectivity index (χ0v) is 10.7. The molecule has 90 valence electrons. The standard InChI is InChI=1S/C14H22O2/c1-5-11-8-9-12(13(15)16)14(6-2,7-3)10(11)4/h8-9,12H,5-7H2,1-4H3,(H,15,16). The first-order chi connectivity index (χ1) is 7.53. The number of carbonyl (C=O) groups is 1. The third-order valence-corrected chi connectivity index (χ3v) is 4.22. The van der Waals surface area contributed by atoms with E-state index in [0.717, 1.165) is 19.3 Å². The maximum absolute atomic E-state index is 11.4. The Morgan fingerprint density at radius 1 is 1.38 bits per heavy atom. The van der Waals surface area contributed by atoms with Crippen LogP contribution in [0.1, 0.15) is 47.0 Å². The van der Waals surface area contributed by atoms with Crippen molar-refractivity contribution in [2.24, 2.45) is 11.3 Å². The average Bonchev–Trinajstić information content (AvgIpc) is 2.28. The molecule has 0 fully saturated rings. The zero-order valence-electron chi connectivity index (χ0n) is 10.7. The molecule has 0 amide bonds. The summed E-state index contributed by atoms with van der Waals surface area (Å²) in [6.07, 6.45) is 6.63. The first-order valence-electron chi connectivity index (χ1n) is 6.14. The molecule has 1 unspecified atom stereocenters. The molecule has 2 heteroatoms. The zero-order chi connectivity index (χ0) is 12.3. The Morgan fingerprint density at radius 3 is 2.31 bits per heavy atom. The lowest BCUT2D eigenvalue weighted by atomic mass is 9.63. The van der Waals surface area contributed by atoms with Gasteiger partial charge in [0.05, 0.1) is 5.92 Å². The molecule has 1 rings (SSSR count). The second-order valence-corrected chi connectivity index (χ2v) is 4.54. The highest BCUT2D eigenvalue weighted by Crippen LogP contribution is 2.47. The largest absolute Gasteiger partial charge is 0.481 e. The van der Waals surface area contributed by atoms with Crippen molar-refractivity contribution in [2.45, 2.75) is 47.0 Å². The van der Waals surface area contributed by atoms with Crippen LogP contribution < -0.4 is 0 Å². The average molecular weight is 222 g/mol. The van der Waals surface area contributed by atoms with Crippen LogP contribution in [0.5, 0.6) is 0 Å². The van der Waals surface area contributed by atoms with Gasteiger partial charge >= 0.3 is 5.97 Å². The summed E-state index contributed by atoms with van der Waals surface area (Å²) >= 11 is 0. The Morgan fingerprint density at radius 2 is 1.94 bits per heavy atom. The molecule has 0 saturated carbocycles. The van der Waals surface area contributed by atoms with E-state index in [-0.39, 0.29) is 11.3 Å². The van der Waals surface area contributed by atoms with Gasteiger partial charge in [0.1, 0.15) is 0 Å². The molecular weight excluding hydrogens is 200 g/mol. The van der Waals surface area contributed by atoms with Gasteiger partial charge in [-0.2, -0.15) is 0 Å². The van der Waals surface area contributed by atoms with Crippen LogP contribution in [0.3, 0.4) is 0 Å². The summed E-state index contributed by atoms with van der Waals surface area (Å²) in [5.74, 6) is -1.06.